The summed E-state index contributed by atoms with van der Waals surface area (Å²) in [6, 6.07) is -4.58. The molecule has 0 spiro atoms. The van der Waals surface area contributed by atoms with E-state index in [1.54, 1.807) is 0 Å². The number of nitrogens with two attached hydrogens (primary N) is 2. The number of nitrogens with one attached hydrogen (secondary N) is 1. The van der Waals surface area contributed by atoms with E-state index in [9.17, 15) is 14.4 Å². The number of unbranched alkanes of at least 4 members (excludes halogenated alkanes) is 1. The highest BCUT2D eigenvalue weighted by atomic mass is 16.4. The van der Waals surface area contributed by atoms with Gasteiger partial charge in [0.05, 0.1) is 0 Å². The van der Waals surface area contributed by atoms with Gasteiger partial charge in [0, 0.05) is 0 Å². The fourth-order valence-corrected chi connectivity index (χ4v) is 1.46. The number of hydrogen-bond acceptors (Lipinski definition) is 6. The van der Waals surface area contributed by atoms with Crippen LogP contribution in [0.25, 0.3) is 0 Å². The third-order valence-corrected chi connectivity index (χ3v) is 2.54. The average Bonchev–Trinajstić information content (AvgIpc) is 2.31. The zero-order valence-electron chi connectivity index (χ0n) is 10.3. The van der Waals surface area contributed by atoms with E-state index in [4.69, 9.17) is 26.8 Å². The van der Waals surface area contributed by atoms with Crippen molar-refractivity contribution in [3.8, 4) is 0 Å². The Morgan fingerprint density at radius 1 is 1.00 bits per heavy atom. The molecule has 0 saturated heterocycles. The van der Waals surface area contributed by atoms with Crippen molar-refractivity contribution in [2.45, 2.75) is 37.4 Å². The quantitative estimate of drug-likeness (QED) is 0.247. The largest absolute Gasteiger partial charge is 0.480 e. The van der Waals surface area contributed by atoms with Gasteiger partial charge in [-0.1, -0.05) is 6.42 Å². The fraction of sp³-hybridized carbons (Fsp3) is 0.700. The minimum Gasteiger partial charge on any atom is -0.480 e. The van der Waals surface area contributed by atoms with E-state index < -0.39 is 36.0 Å². The first-order valence-corrected chi connectivity index (χ1v) is 5.71. The lowest BCUT2D eigenvalue weighted by Gasteiger charge is -2.22. The van der Waals surface area contributed by atoms with E-state index in [1.807, 2.05) is 0 Å². The summed E-state index contributed by atoms with van der Waals surface area (Å²) in [5.41, 5.74) is 10.5. The number of aliphatic carboxylic acids is 3. The molecule has 3 atom stereocenters. The average molecular weight is 277 g/mol. The summed E-state index contributed by atoms with van der Waals surface area (Å²) >= 11 is 0. The van der Waals surface area contributed by atoms with Crippen molar-refractivity contribution in [2.75, 3.05) is 6.54 Å². The number of rotatable bonds is 10. The fourth-order valence-electron chi connectivity index (χ4n) is 1.46. The third-order valence-electron chi connectivity index (χ3n) is 2.54. The Morgan fingerprint density at radius 2 is 1.58 bits per heavy atom. The van der Waals surface area contributed by atoms with Crippen LogP contribution < -0.4 is 16.8 Å². The molecule has 9 heteroatoms. The van der Waals surface area contributed by atoms with Crippen molar-refractivity contribution >= 4 is 17.9 Å². The second-order valence-corrected chi connectivity index (χ2v) is 4.02. The predicted molar refractivity (Wildman–Crippen MR) is 64.5 cm³/mol. The summed E-state index contributed by atoms with van der Waals surface area (Å²) in [6.45, 7) is 0.392. The molecule has 1 unspecified atom stereocenters. The van der Waals surface area contributed by atoms with Crippen LogP contribution in [-0.2, 0) is 14.4 Å². The van der Waals surface area contributed by atoms with E-state index >= 15 is 0 Å². The van der Waals surface area contributed by atoms with Crippen LogP contribution in [0.1, 0.15) is 19.3 Å². The van der Waals surface area contributed by atoms with E-state index in [2.05, 4.69) is 5.32 Å². The summed E-state index contributed by atoms with van der Waals surface area (Å²) < 4.78 is 0. The van der Waals surface area contributed by atoms with Gasteiger partial charge in [-0.15, -0.1) is 0 Å². The first-order valence-electron chi connectivity index (χ1n) is 5.71. The van der Waals surface area contributed by atoms with Gasteiger partial charge in [-0.2, -0.15) is 0 Å². The molecule has 0 aromatic heterocycles. The highest BCUT2D eigenvalue weighted by molar-refractivity contribution is 5.86. The number of carboxylic acids is 3. The maximum Gasteiger partial charge on any atom is 0.322 e. The van der Waals surface area contributed by atoms with Crippen molar-refractivity contribution in [1.29, 1.82) is 0 Å². The summed E-state index contributed by atoms with van der Waals surface area (Å²) in [5.74, 6) is -4.30. The molecule has 19 heavy (non-hydrogen) atoms. The van der Waals surface area contributed by atoms with Crippen molar-refractivity contribution < 1.29 is 29.7 Å². The van der Waals surface area contributed by atoms with Crippen LogP contribution in [0.3, 0.4) is 0 Å². The zero-order valence-corrected chi connectivity index (χ0v) is 10.3. The molecule has 0 amide bonds. The summed E-state index contributed by atoms with van der Waals surface area (Å²) in [4.78, 5) is 32.5. The molecule has 0 bridgehead atoms. The number of carboxylic acid groups (broad SMARTS) is 3. The Bertz CT molecular complexity index is 335. The molecule has 0 saturated carbocycles. The van der Waals surface area contributed by atoms with Crippen molar-refractivity contribution in [1.82, 2.24) is 5.32 Å². The van der Waals surface area contributed by atoms with Gasteiger partial charge in [0.25, 0.3) is 0 Å². The van der Waals surface area contributed by atoms with Gasteiger partial charge in [0.1, 0.15) is 18.1 Å². The lowest BCUT2D eigenvalue weighted by atomic mass is 10.0. The van der Waals surface area contributed by atoms with E-state index in [0.29, 0.717) is 19.4 Å². The Morgan fingerprint density at radius 3 is 1.95 bits per heavy atom. The first-order chi connectivity index (χ1) is 8.81. The van der Waals surface area contributed by atoms with Crippen LogP contribution in [0.5, 0.6) is 0 Å². The molecular formula is C10H19N3O6. The Hall–Kier alpha value is -1.71. The van der Waals surface area contributed by atoms with E-state index in [0.717, 1.165) is 0 Å². The van der Waals surface area contributed by atoms with Crippen LogP contribution >= 0.6 is 0 Å². The maximum atomic E-state index is 11.0. The summed E-state index contributed by atoms with van der Waals surface area (Å²) in [7, 11) is 0. The summed E-state index contributed by atoms with van der Waals surface area (Å²) in [6.07, 6.45) is 1.21. The highest BCUT2D eigenvalue weighted by Gasteiger charge is 2.34. The van der Waals surface area contributed by atoms with E-state index in [-0.39, 0.29) is 6.42 Å². The second-order valence-electron chi connectivity index (χ2n) is 4.02. The monoisotopic (exact) mass is 277 g/mol. The van der Waals surface area contributed by atoms with E-state index in [1.165, 1.54) is 0 Å². The van der Waals surface area contributed by atoms with Crippen molar-refractivity contribution in [3.05, 3.63) is 0 Å². The molecule has 0 aromatic carbocycles. The summed E-state index contributed by atoms with van der Waals surface area (Å²) in [5, 5.41) is 28.7. The topological polar surface area (TPSA) is 176 Å². The van der Waals surface area contributed by atoms with Crippen LogP contribution in [0.2, 0.25) is 0 Å². The maximum absolute atomic E-state index is 11.0. The third kappa shape index (κ3) is 6.13. The van der Waals surface area contributed by atoms with Gasteiger partial charge in [-0.3, -0.25) is 19.7 Å². The molecular weight excluding hydrogens is 258 g/mol. The molecule has 0 heterocycles. The number of hydrogen-bond donors (Lipinski definition) is 6. The molecule has 0 fully saturated rings. The molecule has 0 radical (unpaired) electrons. The Kier molecular flexibility index (Phi) is 7.65. The minimum atomic E-state index is -1.73. The second kappa shape index (κ2) is 8.40. The molecule has 8 N–H and O–H groups in total. The predicted octanol–water partition coefficient (Wildman–Crippen LogP) is -1.98. The molecule has 0 rings (SSSR count). The Labute approximate surface area is 109 Å². The SMILES string of the molecule is NCCCC[C@H](NC(C(=O)O)[C@H](N)C(=O)O)C(=O)O. The first kappa shape index (κ1) is 17.3. The zero-order chi connectivity index (χ0) is 15.0. The van der Waals surface area contributed by atoms with Gasteiger partial charge >= 0.3 is 17.9 Å². The molecule has 110 valence electrons. The lowest BCUT2D eigenvalue weighted by Crippen LogP contribution is -2.58. The lowest BCUT2D eigenvalue weighted by molar-refractivity contribution is -0.149. The Balaban J connectivity index is 4.70. The van der Waals surface area contributed by atoms with Crippen molar-refractivity contribution in [3.63, 3.8) is 0 Å². The van der Waals surface area contributed by atoms with Crippen LogP contribution in [-0.4, -0.2) is 57.9 Å². The van der Waals surface area contributed by atoms with Crippen LogP contribution in [0.4, 0.5) is 0 Å². The standard InChI is InChI=1S/C10H19N3O6/c11-4-2-1-3-5(8(14)15)13-7(10(18)19)6(12)9(16)17/h5-7,13H,1-4,11-12H2,(H,14,15)(H,16,17)(H,18,19)/t5-,6-,7?/m0/s1. The molecule has 9 nitrogen and oxygen atoms in total. The molecule has 0 aromatic rings. The van der Waals surface area contributed by atoms with Crippen LogP contribution in [0, 0.1) is 0 Å². The normalized spacial score (nSPS) is 15.5. The van der Waals surface area contributed by atoms with Crippen molar-refractivity contribution in [2.24, 2.45) is 11.5 Å². The molecule has 0 aliphatic carbocycles. The minimum absolute atomic E-state index is 0.142. The smallest absolute Gasteiger partial charge is 0.322 e. The van der Waals surface area contributed by atoms with Gasteiger partial charge in [-0.05, 0) is 19.4 Å². The van der Waals surface area contributed by atoms with Gasteiger partial charge in [0.2, 0.25) is 0 Å². The molecule has 0 aliphatic heterocycles. The van der Waals surface area contributed by atoms with Gasteiger partial charge < -0.3 is 26.8 Å². The van der Waals surface area contributed by atoms with Gasteiger partial charge in [-0.25, -0.2) is 0 Å². The number of carbonyl (C=O) groups is 3. The molecule has 0 aliphatic rings. The van der Waals surface area contributed by atoms with Gasteiger partial charge in [0.15, 0.2) is 0 Å². The highest BCUT2D eigenvalue weighted by Crippen LogP contribution is 2.04. The van der Waals surface area contributed by atoms with Crippen LogP contribution in [0.15, 0.2) is 0 Å².